The summed E-state index contributed by atoms with van der Waals surface area (Å²) in [6.07, 6.45) is 2.60. The largest absolute Gasteiger partial charge is 0.324 e. The minimum absolute atomic E-state index is 0. The van der Waals surface area contributed by atoms with Gasteiger partial charge in [0.1, 0.15) is 0 Å². The molecule has 1 fully saturated rings. The van der Waals surface area contributed by atoms with E-state index < -0.39 is 0 Å². The molecule has 1 aliphatic rings. The lowest BCUT2D eigenvalue weighted by Crippen LogP contribution is -2.11. The third-order valence-electron chi connectivity index (χ3n) is 3.29. The molecule has 3 rings (SSSR count). The van der Waals surface area contributed by atoms with Crippen molar-refractivity contribution in [3.05, 3.63) is 48.0 Å². The van der Waals surface area contributed by atoms with Crippen LogP contribution in [-0.2, 0) is 0 Å². The summed E-state index contributed by atoms with van der Waals surface area (Å²) in [4.78, 5) is 0. The minimum atomic E-state index is 0. The fourth-order valence-electron chi connectivity index (χ4n) is 2.14. The molecular weight excluding hydrogens is 218 g/mol. The van der Waals surface area contributed by atoms with Crippen LogP contribution in [0.3, 0.4) is 0 Å². The Morgan fingerprint density at radius 1 is 1.00 bits per heavy atom. The number of rotatable bonds is 2. The molecule has 1 atom stereocenters. The summed E-state index contributed by atoms with van der Waals surface area (Å²) >= 11 is 0. The van der Waals surface area contributed by atoms with Gasteiger partial charge in [0.2, 0.25) is 0 Å². The molecule has 2 aromatic rings. The van der Waals surface area contributed by atoms with Gasteiger partial charge in [-0.25, -0.2) is 0 Å². The van der Waals surface area contributed by atoms with Crippen molar-refractivity contribution in [2.75, 3.05) is 0 Å². The molecule has 16 heavy (non-hydrogen) atoms. The van der Waals surface area contributed by atoms with Crippen LogP contribution in [-0.4, -0.2) is 0 Å². The second-order valence-corrected chi connectivity index (χ2v) is 4.47. The molecule has 0 bridgehead atoms. The lowest BCUT2D eigenvalue weighted by Gasteiger charge is -2.11. The topological polar surface area (TPSA) is 26.0 Å². The highest BCUT2D eigenvalue weighted by Gasteiger charge is 2.29. The van der Waals surface area contributed by atoms with E-state index in [1.807, 2.05) is 0 Å². The fraction of sp³-hybridized carbons (Fsp3) is 0.286. The SMILES string of the molecule is Cl.N[C@@H](c1ccc2ccccc2c1)C1CC1. The van der Waals surface area contributed by atoms with E-state index in [4.69, 9.17) is 5.73 Å². The van der Waals surface area contributed by atoms with Gasteiger partial charge < -0.3 is 5.73 Å². The van der Waals surface area contributed by atoms with Crippen molar-refractivity contribution >= 4 is 23.2 Å². The third kappa shape index (κ3) is 2.06. The van der Waals surface area contributed by atoms with E-state index in [2.05, 4.69) is 42.5 Å². The Bertz CT molecular complexity index is 491. The number of halogens is 1. The Balaban J connectivity index is 0.000000963. The molecule has 0 radical (unpaired) electrons. The molecule has 0 unspecified atom stereocenters. The summed E-state index contributed by atoms with van der Waals surface area (Å²) in [5.41, 5.74) is 7.48. The highest BCUT2D eigenvalue weighted by atomic mass is 35.5. The lowest BCUT2D eigenvalue weighted by molar-refractivity contribution is 0.634. The van der Waals surface area contributed by atoms with Crippen LogP contribution in [0.2, 0.25) is 0 Å². The predicted octanol–water partition coefficient (Wildman–Crippen LogP) is 3.67. The van der Waals surface area contributed by atoms with E-state index in [-0.39, 0.29) is 18.4 Å². The monoisotopic (exact) mass is 233 g/mol. The molecule has 1 nitrogen and oxygen atoms in total. The normalized spacial score (nSPS) is 16.8. The van der Waals surface area contributed by atoms with Gasteiger partial charge in [0.25, 0.3) is 0 Å². The van der Waals surface area contributed by atoms with Crippen molar-refractivity contribution in [3.8, 4) is 0 Å². The van der Waals surface area contributed by atoms with Crippen molar-refractivity contribution < 1.29 is 0 Å². The molecule has 1 aliphatic carbocycles. The summed E-state index contributed by atoms with van der Waals surface area (Å²) < 4.78 is 0. The second kappa shape index (κ2) is 4.44. The molecule has 0 saturated heterocycles. The summed E-state index contributed by atoms with van der Waals surface area (Å²) in [6.45, 7) is 0. The van der Waals surface area contributed by atoms with E-state index in [0.29, 0.717) is 0 Å². The first kappa shape index (κ1) is 11.4. The van der Waals surface area contributed by atoms with Crippen molar-refractivity contribution in [1.29, 1.82) is 0 Å². The first-order chi connectivity index (χ1) is 7.34. The first-order valence-corrected chi connectivity index (χ1v) is 5.59. The molecule has 0 aromatic heterocycles. The summed E-state index contributed by atoms with van der Waals surface area (Å²) in [5, 5.41) is 2.59. The van der Waals surface area contributed by atoms with Gasteiger partial charge in [0.15, 0.2) is 0 Å². The van der Waals surface area contributed by atoms with Gasteiger partial charge in [-0.1, -0.05) is 36.4 Å². The molecular formula is C14H16ClN. The van der Waals surface area contributed by atoms with Gasteiger partial charge in [-0.05, 0) is 41.2 Å². The first-order valence-electron chi connectivity index (χ1n) is 5.59. The molecule has 84 valence electrons. The average Bonchev–Trinajstić information content (AvgIpc) is 3.11. The van der Waals surface area contributed by atoms with Crippen LogP contribution >= 0.6 is 12.4 Å². The second-order valence-electron chi connectivity index (χ2n) is 4.47. The Hall–Kier alpha value is -1.05. The van der Waals surface area contributed by atoms with Crippen molar-refractivity contribution in [3.63, 3.8) is 0 Å². The van der Waals surface area contributed by atoms with E-state index >= 15 is 0 Å². The van der Waals surface area contributed by atoms with Gasteiger partial charge in [0, 0.05) is 6.04 Å². The zero-order valence-corrected chi connectivity index (χ0v) is 9.91. The zero-order valence-electron chi connectivity index (χ0n) is 9.10. The Kier molecular flexibility index (Phi) is 3.17. The van der Waals surface area contributed by atoms with Crippen molar-refractivity contribution in [2.45, 2.75) is 18.9 Å². The Morgan fingerprint density at radius 2 is 1.69 bits per heavy atom. The van der Waals surface area contributed by atoms with Crippen LogP contribution in [0.15, 0.2) is 42.5 Å². The number of nitrogens with two attached hydrogens (primary N) is 1. The van der Waals surface area contributed by atoms with Gasteiger partial charge in [-0.2, -0.15) is 0 Å². The number of benzene rings is 2. The van der Waals surface area contributed by atoms with E-state index in [1.54, 1.807) is 0 Å². The maximum atomic E-state index is 6.19. The zero-order chi connectivity index (χ0) is 10.3. The lowest BCUT2D eigenvalue weighted by atomic mass is 10.00. The molecule has 2 heteroatoms. The van der Waals surface area contributed by atoms with Gasteiger partial charge in [-0.3, -0.25) is 0 Å². The minimum Gasteiger partial charge on any atom is -0.324 e. The molecule has 0 spiro atoms. The molecule has 1 saturated carbocycles. The maximum Gasteiger partial charge on any atom is 0.0323 e. The third-order valence-corrected chi connectivity index (χ3v) is 3.29. The Morgan fingerprint density at radius 3 is 2.38 bits per heavy atom. The summed E-state index contributed by atoms with van der Waals surface area (Å²) in [7, 11) is 0. The van der Waals surface area contributed by atoms with Gasteiger partial charge in [0.05, 0.1) is 0 Å². The maximum absolute atomic E-state index is 6.19. The van der Waals surface area contributed by atoms with Crippen molar-refractivity contribution in [1.82, 2.24) is 0 Å². The van der Waals surface area contributed by atoms with Crippen LogP contribution in [0.5, 0.6) is 0 Å². The standard InChI is InChI=1S/C14H15N.ClH/c15-14(11-6-7-11)13-8-5-10-3-1-2-4-12(10)9-13;/h1-5,8-9,11,14H,6-7,15H2;1H/t14-;/m1./s1. The van der Waals surface area contributed by atoms with E-state index in [1.165, 1.54) is 29.2 Å². The van der Waals surface area contributed by atoms with Gasteiger partial charge >= 0.3 is 0 Å². The fourth-order valence-corrected chi connectivity index (χ4v) is 2.14. The average molecular weight is 234 g/mol. The Labute approximate surface area is 102 Å². The molecule has 0 aliphatic heterocycles. The molecule has 2 N–H and O–H groups in total. The van der Waals surface area contributed by atoms with Crippen LogP contribution in [0.1, 0.15) is 24.4 Å². The summed E-state index contributed by atoms with van der Waals surface area (Å²) in [5.74, 6) is 0.728. The van der Waals surface area contributed by atoms with E-state index in [0.717, 1.165) is 5.92 Å². The number of hydrogen-bond donors (Lipinski definition) is 1. The molecule has 0 amide bonds. The molecule has 2 aromatic carbocycles. The highest BCUT2D eigenvalue weighted by molar-refractivity contribution is 5.85. The van der Waals surface area contributed by atoms with Crippen LogP contribution < -0.4 is 5.73 Å². The summed E-state index contributed by atoms with van der Waals surface area (Å²) in [6, 6.07) is 15.3. The number of fused-ring (bicyclic) bond motifs is 1. The van der Waals surface area contributed by atoms with E-state index in [9.17, 15) is 0 Å². The molecule has 0 heterocycles. The quantitative estimate of drug-likeness (QED) is 0.842. The van der Waals surface area contributed by atoms with Crippen LogP contribution in [0.25, 0.3) is 10.8 Å². The van der Waals surface area contributed by atoms with Crippen LogP contribution in [0.4, 0.5) is 0 Å². The predicted molar refractivity (Wildman–Crippen MR) is 70.8 cm³/mol. The highest BCUT2D eigenvalue weighted by Crippen LogP contribution is 2.39. The van der Waals surface area contributed by atoms with Crippen molar-refractivity contribution in [2.24, 2.45) is 11.7 Å². The smallest absolute Gasteiger partial charge is 0.0323 e. The van der Waals surface area contributed by atoms with Crippen LogP contribution in [0, 0.1) is 5.92 Å². The van der Waals surface area contributed by atoms with Gasteiger partial charge in [-0.15, -0.1) is 12.4 Å². The number of hydrogen-bond acceptors (Lipinski definition) is 1.